The van der Waals surface area contributed by atoms with Gasteiger partial charge in [-0.15, -0.1) is 0 Å². The third-order valence-corrected chi connectivity index (χ3v) is 5.68. The largest absolute Gasteiger partial charge is 0.497 e. The molecule has 1 heterocycles. The van der Waals surface area contributed by atoms with E-state index in [1.54, 1.807) is 29.9 Å². The predicted molar refractivity (Wildman–Crippen MR) is 129 cm³/mol. The van der Waals surface area contributed by atoms with Crippen LogP contribution in [0.25, 0.3) is 22.3 Å². The van der Waals surface area contributed by atoms with Crippen LogP contribution in [0.2, 0.25) is 10.0 Å². The molecule has 0 amide bonds. The molecule has 0 aliphatic rings. The summed E-state index contributed by atoms with van der Waals surface area (Å²) in [5.41, 5.74) is 1.48. The highest BCUT2D eigenvalue weighted by Gasteiger charge is 2.13. The number of para-hydroxylation sites is 1. The van der Waals surface area contributed by atoms with Crippen molar-refractivity contribution in [3.05, 3.63) is 87.1 Å². The summed E-state index contributed by atoms with van der Waals surface area (Å²) in [6.45, 7) is 0.984. The van der Waals surface area contributed by atoms with Crippen LogP contribution in [0.3, 0.4) is 0 Å². The molecular weight excluding hydrogens is 447 g/mol. The number of hydrogen-bond donors (Lipinski definition) is 0. The lowest BCUT2D eigenvalue weighted by Gasteiger charge is -2.14. The molecule has 0 fully saturated rings. The van der Waals surface area contributed by atoms with Gasteiger partial charge in [0.1, 0.15) is 17.3 Å². The van der Waals surface area contributed by atoms with Crippen LogP contribution >= 0.6 is 23.2 Å². The van der Waals surface area contributed by atoms with E-state index in [4.69, 9.17) is 37.7 Å². The Balaban J connectivity index is 1.54. The molecule has 0 saturated carbocycles. The summed E-state index contributed by atoms with van der Waals surface area (Å²) in [7, 11) is 1.62. The first kappa shape index (κ1) is 22.2. The van der Waals surface area contributed by atoms with E-state index in [0.29, 0.717) is 45.7 Å². The first-order valence-corrected chi connectivity index (χ1v) is 11.0. The Labute approximate surface area is 196 Å². The summed E-state index contributed by atoms with van der Waals surface area (Å²) in [5, 5.41) is 1.69. The zero-order chi connectivity index (χ0) is 22.5. The van der Waals surface area contributed by atoms with Crippen LogP contribution in [0.4, 0.5) is 0 Å². The fourth-order valence-corrected chi connectivity index (χ4v) is 3.81. The Bertz CT molecular complexity index is 1290. The molecule has 0 aliphatic heterocycles. The van der Waals surface area contributed by atoms with Crippen LogP contribution in [0.1, 0.15) is 12.8 Å². The van der Waals surface area contributed by atoms with Gasteiger partial charge in [0.05, 0.1) is 29.6 Å². The van der Waals surface area contributed by atoms with E-state index in [-0.39, 0.29) is 5.56 Å². The number of benzene rings is 3. The van der Waals surface area contributed by atoms with Crippen molar-refractivity contribution in [2.75, 3.05) is 13.7 Å². The van der Waals surface area contributed by atoms with Crippen molar-refractivity contribution in [2.45, 2.75) is 19.4 Å². The number of nitrogens with zero attached hydrogens (tertiary/aromatic N) is 2. The molecule has 7 heteroatoms. The molecule has 32 heavy (non-hydrogen) atoms. The lowest BCUT2D eigenvalue weighted by Crippen LogP contribution is -2.24. The number of methoxy groups -OCH3 is 1. The van der Waals surface area contributed by atoms with Crippen molar-refractivity contribution in [3.8, 4) is 22.9 Å². The third kappa shape index (κ3) is 4.90. The standard InChI is InChI=1S/C25H22Cl2N2O3/c1-31-19-11-8-17(9-12-19)24-28-22-7-3-2-6-20(22)25(30)29(24)14-4-5-15-32-23-16-18(26)10-13-21(23)27/h2-3,6-13,16H,4-5,14-15H2,1H3. The average molecular weight is 469 g/mol. The Kier molecular flexibility index (Phi) is 6.98. The van der Waals surface area contributed by atoms with Gasteiger partial charge in [0.25, 0.3) is 5.56 Å². The molecule has 0 radical (unpaired) electrons. The zero-order valence-corrected chi connectivity index (χ0v) is 19.1. The Morgan fingerprint density at radius 3 is 2.53 bits per heavy atom. The smallest absolute Gasteiger partial charge is 0.261 e. The Hall–Kier alpha value is -3.02. The number of hydrogen-bond acceptors (Lipinski definition) is 4. The lowest BCUT2D eigenvalue weighted by atomic mass is 10.1. The van der Waals surface area contributed by atoms with Gasteiger partial charge in [0, 0.05) is 23.2 Å². The lowest BCUT2D eigenvalue weighted by molar-refractivity contribution is 0.303. The van der Waals surface area contributed by atoms with Gasteiger partial charge < -0.3 is 9.47 Å². The van der Waals surface area contributed by atoms with Crippen LogP contribution in [0, 0.1) is 0 Å². The maximum atomic E-state index is 13.2. The highest BCUT2D eigenvalue weighted by Crippen LogP contribution is 2.28. The predicted octanol–water partition coefficient (Wildman–Crippen LogP) is 6.24. The SMILES string of the molecule is COc1ccc(-c2nc3ccccc3c(=O)n2CCCCOc2cc(Cl)ccc2Cl)cc1. The summed E-state index contributed by atoms with van der Waals surface area (Å²) in [5.74, 6) is 1.94. The highest BCUT2D eigenvalue weighted by molar-refractivity contribution is 6.34. The molecule has 164 valence electrons. The molecule has 5 nitrogen and oxygen atoms in total. The van der Waals surface area contributed by atoms with E-state index in [0.717, 1.165) is 24.2 Å². The molecule has 0 aliphatic carbocycles. The summed E-state index contributed by atoms with van der Waals surface area (Å²) in [6, 6.07) is 20.1. The fraction of sp³-hybridized carbons (Fsp3) is 0.200. The van der Waals surface area contributed by atoms with Gasteiger partial charge in [-0.05, 0) is 61.4 Å². The maximum absolute atomic E-state index is 13.2. The van der Waals surface area contributed by atoms with Crippen molar-refractivity contribution in [1.82, 2.24) is 9.55 Å². The Morgan fingerprint density at radius 1 is 0.969 bits per heavy atom. The topological polar surface area (TPSA) is 53.3 Å². The first-order chi connectivity index (χ1) is 15.6. The number of rotatable bonds is 8. The van der Waals surface area contributed by atoms with E-state index in [1.807, 2.05) is 48.5 Å². The van der Waals surface area contributed by atoms with Crippen molar-refractivity contribution in [1.29, 1.82) is 0 Å². The summed E-state index contributed by atoms with van der Waals surface area (Å²) < 4.78 is 12.7. The summed E-state index contributed by atoms with van der Waals surface area (Å²) in [6.07, 6.45) is 1.48. The van der Waals surface area contributed by atoms with Crippen molar-refractivity contribution in [3.63, 3.8) is 0 Å². The maximum Gasteiger partial charge on any atom is 0.261 e. The van der Waals surface area contributed by atoms with Gasteiger partial charge in [-0.2, -0.15) is 0 Å². The molecule has 3 aromatic carbocycles. The number of unbranched alkanes of at least 4 members (excludes halogenated alkanes) is 1. The van der Waals surface area contributed by atoms with Gasteiger partial charge >= 0.3 is 0 Å². The van der Waals surface area contributed by atoms with E-state index in [2.05, 4.69) is 0 Å². The van der Waals surface area contributed by atoms with Crippen LogP contribution in [-0.4, -0.2) is 23.3 Å². The van der Waals surface area contributed by atoms with E-state index >= 15 is 0 Å². The van der Waals surface area contributed by atoms with Crippen LogP contribution in [-0.2, 0) is 6.54 Å². The minimum atomic E-state index is -0.0553. The minimum Gasteiger partial charge on any atom is -0.497 e. The van der Waals surface area contributed by atoms with Gasteiger partial charge in [0.2, 0.25) is 0 Å². The van der Waals surface area contributed by atoms with E-state index < -0.39 is 0 Å². The molecule has 0 saturated heterocycles. The van der Waals surface area contributed by atoms with Crippen LogP contribution in [0.5, 0.6) is 11.5 Å². The summed E-state index contributed by atoms with van der Waals surface area (Å²) in [4.78, 5) is 18.0. The molecule has 0 N–H and O–H groups in total. The van der Waals surface area contributed by atoms with E-state index in [9.17, 15) is 4.79 Å². The van der Waals surface area contributed by atoms with Crippen molar-refractivity contribution < 1.29 is 9.47 Å². The summed E-state index contributed by atoms with van der Waals surface area (Å²) >= 11 is 12.2. The fourth-order valence-electron chi connectivity index (χ4n) is 3.48. The number of aromatic nitrogens is 2. The molecule has 0 bridgehead atoms. The monoisotopic (exact) mass is 468 g/mol. The van der Waals surface area contributed by atoms with Crippen molar-refractivity contribution in [2.24, 2.45) is 0 Å². The van der Waals surface area contributed by atoms with Crippen LogP contribution < -0.4 is 15.0 Å². The minimum absolute atomic E-state index is 0.0553. The molecule has 4 rings (SSSR count). The number of ether oxygens (including phenoxy) is 2. The molecule has 4 aromatic rings. The molecule has 0 spiro atoms. The second-order valence-electron chi connectivity index (χ2n) is 7.27. The molecule has 1 aromatic heterocycles. The second-order valence-corrected chi connectivity index (χ2v) is 8.11. The van der Waals surface area contributed by atoms with Gasteiger partial charge in [-0.3, -0.25) is 9.36 Å². The van der Waals surface area contributed by atoms with Crippen LogP contribution in [0.15, 0.2) is 71.5 Å². The number of halogens is 2. The molecule has 0 unspecified atom stereocenters. The quantitative estimate of drug-likeness (QED) is 0.287. The third-order valence-electron chi connectivity index (χ3n) is 5.14. The van der Waals surface area contributed by atoms with Gasteiger partial charge in [0.15, 0.2) is 0 Å². The first-order valence-electron chi connectivity index (χ1n) is 10.3. The second kappa shape index (κ2) is 10.1. The highest BCUT2D eigenvalue weighted by atomic mass is 35.5. The van der Waals surface area contributed by atoms with Gasteiger partial charge in [-0.25, -0.2) is 4.98 Å². The van der Waals surface area contributed by atoms with Crippen molar-refractivity contribution >= 4 is 34.1 Å². The number of fused-ring (bicyclic) bond motifs is 1. The molecular formula is C25H22Cl2N2O3. The molecule has 0 atom stereocenters. The zero-order valence-electron chi connectivity index (χ0n) is 17.6. The van der Waals surface area contributed by atoms with Gasteiger partial charge in [-0.1, -0.05) is 35.3 Å². The van der Waals surface area contributed by atoms with E-state index in [1.165, 1.54) is 0 Å². The average Bonchev–Trinajstić information content (AvgIpc) is 2.82. The Morgan fingerprint density at radius 2 is 1.75 bits per heavy atom. The normalized spacial score (nSPS) is 11.0.